The lowest BCUT2D eigenvalue weighted by Crippen LogP contribution is -2.05. The highest BCUT2D eigenvalue weighted by Crippen LogP contribution is 2.21. The Bertz CT molecular complexity index is 509. The Labute approximate surface area is 90.0 Å². The molecule has 0 saturated carbocycles. The maximum absolute atomic E-state index is 11.5. The monoisotopic (exact) mass is 226 g/mol. The van der Waals surface area contributed by atoms with E-state index >= 15 is 0 Å². The molecule has 0 atom stereocenters. The minimum Gasteiger partial charge on any atom is -0.462 e. The van der Waals surface area contributed by atoms with Crippen LogP contribution in [-0.4, -0.2) is 22.5 Å². The molecular weight excluding hydrogens is 220 g/mol. The molecule has 5 nitrogen and oxygen atoms in total. The van der Waals surface area contributed by atoms with Gasteiger partial charge in [-0.2, -0.15) is 4.98 Å². The van der Waals surface area contributed by atoms with Crippen LogP contribution >= 0.6 is 11.6 Å². The van der Waals surface area contributed by atoms with Crippen LogP contribution in [0.4, 0.5) is 0 Å². The third kappa shape index (κ3) is 1.78. The second-order valence-electron chi connectivity index (χ2n) is 2.70. The number of carbonyl (C=O) groups is 1. The van der Waals surface area contributed by atoms with E-state index in [9.17, 15) is 4.79 Å². The first kappa shape index (κ1) is 9.92. The first-order valence-corrected chi connectivity index (χ1v) is 4.68. The molecule has 0 N–H and O–H groups in total. The average molecular weight is 227 g/mol. The number of pyridine rings is 1. The summed E-state index contributed by atoms with van der Waals surface area (Å²) in [5.74, 6) is -0.474. The van der Waals surface area contributed by atoms with Crippen LogP contribution in [0.25, 0.3) is 11.2 Å². The summed E-state index contributed by atoms with van der Waals surface area (Å²) in [6.45, 7) is 2.02. The number of fused-ring (bicyclic) bond motifs is 1. The summed E-state index contributed by atoms with van der Waals surface area (Å²) in [5.41, 5.74) is 0.827. The molecule has 2 heterocycles. The third-order valence-corrected chi connectivity index (χ3v) is 1.92. The number of hydrogen-bond donors (Lipinski definition) is 0. The zero-order valence-electron chi connectivity index (χ0n) is 7.86. The summed E-state index contributed by atoms with van der Waals surface area (Å²) in [7, 11) is 0. The predicted molar refractivity (Wildman–Crippen MR) is 52.8 cm³/mol. The number of nitrogens with zero attached hydrogens (tertiary/aromatic N) is 2. The molecule has 0 aromatic carbocycles. The normalized spacial score (nSPS) is 10.5. The Morgan fingerprint density at radius 3 is 3.20 bits per heavy atom. The molecule has 0 fully saturated rings. The van der Waals surface area contributed by atoms with E-state index < -0.39 is 5.97 Å². The van der Waals surface area contributed by atoms with Crippen LogP contribution < -0.4 is 0 Å². The van der Waals surface area contributed by atoms with Gasteiger partial charge < -0.3 is 9.15 Å². The number of esters is 1. The van der Waals surface area contributed by atoms with Gasteiger partial charge >= 0.3 is 5.97 Å². The highest BCUT2D eigenvalue weighted by Gasteiger charge is 2.16. The SMILES string of the molecule is CCOC(=O)c1ccnc2nc(Cl)oc12. The molecule has 6 heteroatoms. The molecule has 0 amide bonds. The number of hydrogen-bond acceptors (Lipinski definition) is 5. The van der Waals surface area contributed by atoms with Gasteiger partial charge in [-0.25, -0.2) is 9.78 Å². The molecule has 78 valence electrons. The summed E-state index contributed by atoms with van der Waals surface area (Å²) in [6.07, 6.45) is 1.45. The van der Waals surface area contributed by atoms with E-state index in [1.807, 2.05) is 0 Å². The molecule has 2 aromatic rings. The van der Waals surface area contributed by atoms with E-state index in [0.29, 0.717) is 12.3 Å². The van der Waals surface area contributed by atoms with E-state index in [4.69, 9.17) is 20.8 Å². The van der Waals surface area contributed by atoms with Crippen molar-refractivity contribution in [3.63, 3.8) is 0 Å². The van der Waals surface area contributed by atoms with Crippen LogP contribution in [0.5, 0.6) is 0 Å². The average Bonchev–Trinajstić information content (AvgIpc) is 2.57. The molecular formula is C9H7ClN2O3. The maximum Gasteiger partial charge on any atom is 0.342 e. The van der Waals surface area contributed by atoms with Gasteiger partial charge in [0.1, 0.15) is 5.56 Å². The number of ether oxygens (including phenoxy) is 1. The van der Waals surface area contributed by atoms with Crippen LogP contribution in [0.1, 0.15) is 17.3 Å². The quantitative estimate of drug-likeness (QED) is 0.734. The fourth-order valence-corrected chi connectivity index (χ4v) is 1.33. The van der Waals surface area contributed by atoms with Crippen LogP contribution in [-0.2, 0) is 4.74 Å². The summed E-state index contributed by atoms with van der Waals surface area (Å²) in [4.78, 5) is 19.2. The van der Waals surface area contributed by atoms with E-state index in [0.717, 1.165) is 0 Å². The van der Waals surface area contributed by atoms with Crippen molar-refractivity contribution in [2.45, 2.75) is 6.92 Å². The van der Waals surface area contributed by atoms with Crippen molar-refractivity contribution < 1.29 is 13.9 Å². The highest BCUT2D eigenvalue weighted by molar-refractivity contribution is 6.28. The minimum atomic E-state index is -0.474. The second kappa shape index (κ2) is 3.86. The van der Waals surface area contributed by atoms with E-state index in [1.54, 1.807) is 6.92 Å². The van der Waals surface area contributed by atoms with Crippen LogP contribution in [0.2, 0.25) is 5.35 Å². The molecule has 15 heavy (non-hydrogen) atoms. The zero-order valence-corrected chi connectivity index (χ0v) is 8.61. The zero-order chi connectivity index (χ0) is 10.8. The van der Waals surface area contributed by atoms with Crippen molar-refractivity contribution in [1.29, 1.82) is 0 Å². The number of halogens is 1. The van der Waals surface area contributed by atoms with Crippen LogP contribution in [0, 0.1) is 0 Å². The Balaban J connectivity index is 2.55. The van der Waals surface area contributed by atoms with Crippen molar-refractivity contribution in [2.75, 3.05) is 6.61 Å². The van der Waals surface area contributed by atoms with Gasteiger partial charge in [0, 0.05) is 6.20 Å². The third-order valence-electron chi connectivity index (χ3n) is 1.76. The van der Waals surface area contributed by atoms with Crippen molar-refractivity contribution >= 4 is 28.8 Å². The van der Waals surface area contributed by atoms with E-state index in [2.05, 4.69) is 9.97 Å². The summed E-state index contributed by atoms with van der Waals surface area (Å²) >= 11 is 5.57. The standard InChI is InChI=1S/C9H7ClN2O3/c1-2-14-8(13)5-3-4-11-7-6(5)15-9(10)12-7/h3-4H,2H2,1H3. The van der Waals surface area contributed by atoms with Crippen molar-refractivity contribution in [3.8, 4) is 0 Å². The topological polar surface area (TPSA) is 65.2 Å². The fraction of sp³-hybridized carbons (Fsp3) is 0.222. The Kier molecular flexibility index (Phi) is 2.55. The molecule has 0 bridgehead atoms. The molecule has 0 aliphatic heterocycles. The molecule has 0 aliphatic carbocycles. The number of carbonyl (C=O) groups excluding carboxylic acids is 1. The Hall–Kier alpha value is -1.62. The second-order valence-corrected chi connectivity index (χ2v) is 3.02. The summed E-state index contributed by atoms with van der Waals surface area (Å²) in [6, 6.07) is 1.50. The number of aromatic nitrogens is 2. The highest BCUT2D eigenvalue weighted by atomic mass is 35.5. The van der Waals surface area contributed by atoms with Gasteiger partial charge in [-0.1, -0.05) is 0 Å². The van der Waals surface area contributed by atoms with Gasteiger partial charge in [0.15, 0.2) is 5.58 Å². The number of rotatable bonds is 2. The molecule has 0 radical (unpaired) electrons. The van der Waals surface area contributed by atoms with Crippen LogP contribution in [0.15, 0.2) is 16.7 Å². The maximum atomic E-state index is 11.5. The predicted octanol–water partition coefficient (Wildman–Crippen LogP) is 2.05. The van der Waals surface area contributed by atoms with Crippen molar-refractivity contribution in [1.82, 2.24) is 9.97 Å². The first-order valence-electron chi connectivity index (χ1n) is 4.30. The summed E-state index contributed by atoms with van der Waals surface area (Å²) < 4.78 is 9.91. The fourth-order valence-electron chi connectivity index (χ4n) is 1.18. The summed E-state index contributed by atoms with van der Waals surface area (Å²) in [5, 5.41) is -0.0470. The van der Waals surface area contributed by atoms with Crippen molar-refractivity contribution in [3.05, 3.63) is 23.2 Å². The van der Waals surface area contributed by atoms with Crippen LogP contribution in [0.3, 0.4) is 0 Å². The van der Waals surface area contributed by atoms with Gasteiger partial charge in [0.05, 0.1) is 6.61 Å². The van der Waals surface area contributed by atoms with Gasteiger partial charge in [-0.3, -0.25) is 0 Å². The molecule has 0 spiro atoms. The molecule has 0 aliphatic rings. The molecule has 0 unspecified atom stereocenters. The molecule has 2 rings (SSSR count). The Morgan fingerprint density at radius 2 is 2.47 bits per heavy atom. The minimum absolute atomic E-state index is 0.0470. The molecule has 2 aromatic heterocycles. The van der Waals surface area contributed by atoms with E-state index in [-0.39, 0.29) is 16.5 Å². The van der Waals surface area contributed by atoms with Crippen molar-refractivity contribution in [2.24, 2.45) is 0 Å². The van der Waals surface area contributed by atoms with Gasteiger partial charge in [-0.05, 0) is 24.6 Å². The lowest BCUT2D eigenvalue weighted by Gasteiger charge is -2.00. The lowest BCUT2D eigenvalue weighted by molar-refractivity contribution is 0.0527. The number of oxazole rings is 1. The molecule has 0 saturated heterocycles. The Morgan fingerprint density at radius 1 is 1.67 bits per heavy atom. The van der Waals surface area contributed by atoms with Gasteiger partial charge in [-0.15, -0.1) is 0 Å². The van der Waals surface area contributed by atoms with E-state index in [1.165, 1.54) is 12.3 Å². The van der Waals surface area contributed by atoms with Gasteiger partial charge in [0.2, 0.25) is 5.65 Å². The largest absolute Gasteiger partial charge is 0.462 e. The smallest absolute Gasteiger partial charge is 0.342 e. The van der Waals surface area contributed by atoms with Gasteiger partial charge in [0.25, 0.3) is 5.35 Å². The lowest BCUT2D eigenvalue weighted by atomic mass is 10.2. The first-order chi connectivity index (χ1) is 7.22.